The molecular weight excluding hydrogens is 202 g/mol. The zero-order valence-corrected chi connectivity index (χ0v) is 8.27. The second-order valence-corrected chi connectivity index (χ2v) is 3.08. The van der Waals surface area contributed by atoms with E-state index in [-0.39, 0.29) is 0 Å². The Kier molecular flexibility index (Phi) is 2.58. The van der Waals surface area contributed by atoms with Crippen LogP contribution in [0.4, 0.5) is 0 Å². The van der Waals surface area contributed by atoms with Gasteiger partial charge in [0, 0.05) is 5.56 Å². The third kappa shape index (κ3) is 1.60. The molecule has 0 saturated carbocycles. The summed E-state index contributed by atoms with van der Waals surface area (Å²) in [7, 11) is 0. The van der Waals surface area contributed by atoms with E-state index in [0.717, 1.165) is 0 Å². The highest BCUT2D eigenvalue weighted by Gasteiger charge is 2.12. The van der Waals surface area contributed by atoms with E-state index in [1.54, 1.807) is 30.4 Å². The molecule has 0 aliphatic carbocycles. The molecule has 0 radical (unpaired) electrons. The molecule has 1 aliphatic rings. The van der Waals surface area contributed by atoms with E-state index in [1.807, 2.05) is 12.1 Å². The Morgan fingerprint density at radius 2 is 2.06 bits per heavy atom. The number of rotatable bonds is 1. The molecule has 0 atom stereocenters. The van der Waals surface area contributed by atoms with E-state index in [0.29, 0.717) is 22.4 Å². The molecule has 0 spiro atoms. The van der Waals surface area contributed by atoms with Crippen LogP contribution in [0.5, 0.6) is 0 Å². The van der Waals surface area contributed by atoms with E-state index in [1.165, 1.54) is 6.26 Å². The SMILES string of the molecule is N#Cc1cccc(C2=CC=CON2)c1C#N. The van der Waals surface area contributed by atoms with Crippen molar-refractivity contribution in [1.82, 2.24) is 5.48 Å². The second-order valence-electron chi connectivity index (χ2n) is 3.08. The fourth-order valence-electron chi connectivity index (χ4n) is 1.44. The number of hydroxylamine groups is 1. The summed E-state index contributed by atoms with van der Waals surface area (Å²) in [6.45, 7) is 0. The molecule has 16 heavy (non-hydrogen) atoms. The summed E-state index contributed by atoms with van der Waals surface area (Å²) in [5.74, 6) is 0. The Morgan fingerprint density at radius 3 is 2.69 bits per heavy atom. The average Bonchev–Trinajstić information content (AvgIpc) is 2.38. The number of benzene rings is 1. The molecule has 2 rings (SSSR count). The first kappa shape index (κ1) is 9.82. The topological polar surface area (TPSA) is 68.8 Å². The zero-order chi connectivity index (χ0) is 11.4. The van der Waals surface area contributed by atoms with Crippen LogP contribution in [0.15, 0.2) is 36.6 Å². The molecule has 4 heteroatoms. The number of nitrogens with zero attached hydrogens (tertiary/aromatic N) is 2. The van der Waals surface area contributed by atoms with Gasteiger partial charge in [0.2, 0.25) is 0 Å². The van der Waals surface area contributed by atoms with Crippen molar-refractivity contribution in [2.24, 2.45) is 0 Å². The van der Waals surface area contributed by atoms with Crippen molar-refractivity contribution in [3.63, 3.8) is 0 Å². The lowest BCUT2D eigenvalue weighted by Gasteiger charge is -2.13. The quantitative estimate of drug-likeness (QED) is 0.765. The van der Waals surface area contributed by atoms with Gasteiger partial charge in [-0.25, -0.2) is 5.48 Å². The summed E-state index contributed by atoms with van der Waals surface area (Å²) in [4.78, 5) is 4.92. The maximum absolute atomic E-state index is 9.05. The molecule has 1 heterocycles. The predicted molar refractivity (Wildman–Crippen MR) is 57.2 cm³/mol. The van der Waals surface area contributed by atoms with Gasteiger partial charge in [0.05, 0.1) is 16.8 Å². The van der Waals surface area contributed by atoms with Crippen LogP contribution in [0.25, 0.3) is 5.70 Å². The molecule has 0 fully saturated rings. The average molecular weight is 209 g/mol. The molecule has 0 aromatic heterocycles. The van der Waals surface area contributed by atoms with Gasteiger partial charge in [-0.05, 0) is 18.2 Å². The Hall–Kier alpha value is -2.72. The van der Waals surface area contributed by atoms with E-state index in [2.05, 4.69) is 5.48 Å². The Morgan fingerprint density at radius 1 is 1.19 bits per heavy atom. The number of hydrogen-bond donors (Lipinski definition) is 1. The van der Waals surface area contributed by atoms with Crippen molar-refractivity contribution in [3.8, 4) is 12.1 Å². The van der Waals surface area contributed by atoms with Crippen molar-refractivity contribution in [2.75, 3.05) is 0 Å². The number of nitriles is 2. The van der Waals surface area contributed by atoms with Gasteiger partial charge in [0.1, 0.15) is 18.4 Å². The van der Waals surface area contributed by atoms with Crippen molar-refractivity contribution in [1.29, 1.82) is 10.5 Å². The zero-order valence-electron chi connectivity index (χ0n) is 8.27. The Labute approximate surface area is 92.6 Å². The lowest BCUT2D eigenvalue weighted by Crippen LogP contribution is -2.13. The Bertz CT molecular complexity index is 559. The van der Waals surface area contributed by atoms with Gasteiger partial charge in [-0.3, -0.25) is 0 Å². The first-order valence-electron chi connectivity index (χ1n) is 4.59. The minimum absolute atomic E-state index is 0.350. The molecule has 0 bridgehead atoms. The lowest BCUT2D eigenvalue weighted by atomic mass is 10.00. The Balaban J connectivity index is 2.58. The van der Waals surface area contributed by atoms with E-state index >= 15 is 0 Å². The molecule has 1 N–H and O–H groups in total. The number of hydrogen-bond acceptors (Lipinski definition) is 4. The standard InChI is InChI=1S/C12H7N3O/c13-7-9-3-1-4-10(11(9)8-14)12-5-2-6-16-15-12/h1-6,15H. The molecule has 4 nitrogen and oxygen atoms in total. The van der Waals surface area contributed by atoms with Crippen molar-refractivity contribution < 1.29 is 4.84 Å². The molecule has 0 saturated heterocycles. The van der Waals surface area contributed by atoms with Crippen LogP contribution in [0, 0.1) is 22.7 Å². The maximum atomic E-state index is 9.05. The maximum Gasteiger partial charge on any atom is 0.119 e. The first-order chi connectivity index (χ1) is 7.86. The van der Waals surface area contributed by atoms with Gasteiger partial charge in [-0.15, -0.1) is 0 Å². The van der Waals surface area contributed by atoms with Gasteiger partial charge < -0.3 is 4.84 Å². The second kappa shape index (κ2) is 4.20. The van der Waals surface area contributed by atoms with Gasteiger partial charge in [0.15, 0.2) is 0 Å². The van der Waals surface area contributed by atoms with Crippen LogP contribution >= 0.6 is 0 Å². The minimum atomic E-state index is 0.350. The summed E-state index contributed by atoms with van der Waals surface area (Å²) in [5, 5.41) is 17.9. The van der Waals surface area contributed by atoms with E-state index in [9.17, 15) is 0 Å². The summed E-state index contributed by atoms with van der Waals surface area (Å²) in [5.41, 5.74) is 4.70. The molecule has 1 aromatic carbocycles. The first-order valence-corrected chi connectivity index (χ1v) is 4.59. The van der Waals surface area contributed by atoms with Crippen LogP contribution in [0.2, 0.25) is 0 Å². The van der Waals surface area contributed by atoms with Crippen LogP contribution in [0.1, 0.15) is 16.7 Å². The molecule has 0 unspecified atom stereocenters. The predicted octanol–water partition coefficient (Wildman–Crippen LogP) is 1.82. The normalized spacial score (nSPS) is 12.8. The molecule has 76 valence electrons. The van der Waals surface area contributed by atoms with Crippen molar-refractivity contribution in [2.45, 2.75) is 0 Å². The van der Waals surface area contributed by atoms with Crippen LogP contribution in [-0.2, 0) is 4.84 Å². The number of allylic oxidation sites excluding steroid dienone is 2. The van der Waals surface area contributed by atoms with Gasteiger partial charge in [-0.1, -0.05) is 12.1 Å². The van der Waals surface area contributed by atoms with E-state index < -0.39 is 0 Å². The van der Waals surface area contributed by atoms with Gasteiger partial charge in [-0.2, -0.15) is 10.5 Å². The summed E-state index contributed by atoms with van der Waals surface area (Å²) in [6.07, 6.45) is 4.98. The van der Waals surface area contributed by atoms with Crippen molar-refractivity contribution >= 4 is 5.70 Å². The molecule has 1 aromatic rings. The summed E-state index contributed by atoms with van der Waals surface area (Å²) >= 11 is 0. The fourth-order valence-corrected chi connectivity index (χ4v) is 1.44. The number of nitrogens with one attached hydrogen (secondary N) is 1. The van der Waals surface area contributed by atoms with Crippen molar-refractivity contribution in [3.05, 3.63) is 53.3 Å². The van der Waals surface area contributed by atoms with Gasteiger partial charge in [0.25, 0.3) is 0 Å². The van der Waals surface area contributed by atoms with Crippen LogP contribution in [0.3, 0.4) is 0 Å². The minimum Gasteiger partial charge on any atom is -0.390 e. The largest absolute Gasteiger partial charge is 0.390 e. The van der Waals surface area contributed by atoms with E-state index in [4.69, 9.17) is 15.4 Å². The van der Waals surface area contributed by atoms with Gasteiger partial charge >= 0.3 is 0 Å². The third-order valence-corrected chi connectivity index (χ3v) is 2.17. The molecule has 1 aliphatic heterocycles. The third-order valence-electron chi connectivity index (χ3n) is 2.17. The molecule has 0 amide bonds. The highest BCUT2D eigenvalue weighted by Crippen LogP contribution is 2.21. The summed E-state index contributed by atoms with van der Waals surface area (Å²) < 4.78 is 0. The smallest absolute Gasteiger partial charge is 0.119 e. The lowest BCUT2D eigenvalue weighted by molar-refractivity contribution is 0.181. The molecular formula is C12H7N3O. The highest BCUT2D eigenvalue weighted by atomic mass is 16.6. The fraction of sp³-hybridized carbons (Fsp3) is 0. The van der Waals surface area contributed by atoms with Crippen LogP contribution < -0.4 is 5.48 Å². The summed E-state index contributed by atoms with van der Waals surface area (Å²) in [6, 6.07) is 9.13. The highest BCUT2D eigenvalue weighted by molar-refractivity contribution is 5.72. The monoisotopic (exact) mass is 209 g/mol. The van der Waals surface area contributed by atoms with Crippen LogP contribution in [-0.4, -0.2) is 0 Å².